The van der Waals surface area contributed by atoms with E-state index in [1.165, 1.54) is 6.07 Å². The second-order valence-electron chi connectivity index (χ2n) is 6.03. The highest BCUT2D eigenvalue weighted by atomic mass is 19.1. The van der Waals surface area contributed by atoms with Gasteiger partial charge in [-0.1, -0.05) is 6.07 Å². The minimum absolute atomic E-state index is 0.0486. The predicted octanol–water partition coefficient (Wildman–Crippen LogP) is 2.43. The smallest absolute Gasteiger partial charge is 0.169 e. The first-order chi connectivity index (χ1) is 9.56. The zero-order chi connectivity index (χ0) is 14.3. The summed E-state index contributed by atoms with van der Waals surface area (Å²) >= 11 is 0. The van der Waals surface area contributed by atoms with E-state index in [4.69, 9.17) is 4.74 Å². The van der Waals surface area contributed by atoms with E-state index in [1.807, 2.05) is 6.92 Å². The molecule has 1 aromatic rings. The Hall–Kier alpha value is -1.26. The Labute approximate surface area is 118 Å². The maximum atomic E-state index is 14.0. The Kier molecular flexibility index (Phi) is 3.61. The molecule has 1 aromatic carbocycles. The largest absolute Gasteiger partial charge is 0.378 e. The number of carbonyl (C=O) groups excluding carboxylic acids is 1. The lowest BCUT2D eigenvalue weighted by atomic mass is 9.81. The van der Waals surface area contributed by atoms with E-state index in [0.717, 1.165) is 18.4 Å². The van der Waals surface area contributed by atoms with Crippen LogP contribution in [0.3, 0.4) is 0 Å². The summed E-state index contributed by atoms with van der Waals surface area (Å²) in [5.74, 6) is -0.523. The Morgan fingerprint density at radius 2 is 1.95 bits per heavy atom. The molecule has 2 unspecified atom stereocenters. The minimum atomic E-state index is -0.393. The number of ether oxygens (including phenoxy) is 1. The Balaban J connectivity index is 1.81. The van der Waals surface area contributed by atoms with Crippen molar-refractivity contribution in [1.29, 1.82) is 0 Å². The number of fused-ring (bicyclic) bond motifs is 2. The quantitative estimate of drug-likeness (QED) is 0.778. The van der Waals surface area contributed by atoms with Gasteiger partial charge in [-0.3, -0.25) is 9.69 Å². The summed E-state index contributed by atoms with van der Waals surface area (Å²) < 4.78 is 19.5. The topological polar surface area (TPSA) is 29.5 Å². The van der Waals surface area contributed by atoms with E-state index in [-0.39, 0.29) is 29.3 Å². The first kappa shape index (κ1) is 13.7. The highest BCUT2D eigenvalue weighted by Gasteiger charge is 2.39. The third kappa shape index (κ3) is 2.38. The van der Waals surface area contributed by atoms with Crippen molar-refractivity contribution in [2.45, 2.75) is 31.8 Å². The van der Waals surface area contributed by atoms with E-state index < -0.39 is 5.82 Å². The molecule has 2 aliphatic rings. The second-order valence-corrected chi connectivity index (χ2v) is 6.03. The number of nitrogens with zero attached hydrogens (tertiary/aromatic N) is 1. The molecule has 2 atom stereocenters. The number of likely N-dealkylation sites (N-methyl/N-ethyl adjacent to an activating group) is 1. The predicted molar refractivity (Wildman–Crippen MR) is 74.3 cm³/mol. The molecule has 0 N–H and O–H groups in total. The number of ketones is 1. The van der Waals surface area contributed by atoms with Crippen molar-refractivity contribution in [3.63, 3.8) is 0 Å². The van der Waals surface area contributed by atoms with Crippen LogP contribution >= 0.6 is 0 Å². The number of halogens is 1. The van der Waals surface area contributed by atoms with Crippen molar-refractivity contribution >= 4 is 5.78 Å². The number of aryl methyl sites for hydroxylation is 1. The maximum Gasteiger partial charge on any atom is 0.169 e. The molecule has 2 saturated heterocycles. The lowest BCUT2D eigenvalue weighted by Gasteiger charge is -2.46. The SMILES string of the molecule is Cc1ccc(C(=O)C2CC3COCC(C2)N3C)c(F)c1. The minimum Gasteiger partial charge on any atom is -0.378 e. The third-order valence-electron chi connectivity index (χ3n) is 4.65. The summed E-state index contributed by atoms with van der Waals surface area (Å²) in [6.45, 7) is 3.18. The van der Waals surface area contributed by atoms with Crippen LogP contribution in [0.25, 0.3) is 0 Å². The molecule has 20 heavy (non-hydrogen) atoms. The summed E-state index contributed by atoms with van der Waals surface area (Å²) in [6, 6.07) is 5.42. The standard InChI is InChI=1S/C16H20FNO2/c1-10-3-4-14(15(17)5-10)16(19)11-6-12-8-20-9-13(7-11)18(12)2/h3-5,11-13H,6-9H2,1-2H3. The van der Waals surface area contributed by atoms with E-state index >= 15 is 0 Å². The van der Waals surface area contributed by atoms with Crippen molar-refractivity contribution in [3.05, 3.63) is 35.1 Å². The number of Topliss-reactive ketones (excluding diaryl/α,β-unsaturated/α-hetero) is 1. The third-order valence-corrected chi connectivity index (χ3v) is 4.65. The molecule has 2 bridgehead atoms. The van der Waals surface area contributed by atoms with E-state index in [9.17, 15) is 9.18 Å². The number of rotatable bonds is 2. The molecule has 3 nitrogen and oxygen atoms in total. The van der Waals surface area contributed by atoms with E-state index in [1.54, 1.807) is 12.1 Å². The van der Waals surface area contributed by atoms with Gasteiger partial charge in [0.25, 0.3) is 0 Å². The number of hydrogen-bond acceptors (Lipinski definition) is 3. The normalized spacial score (nSPS) is 30.2. The molecule has 0 spiro atoms. The fourth-order valence-corrected chi connectivity index (χ4v) is 3.35. The number of carbonyl (C=O) groups is 1. The van der Waals surface area contributed by atoms with Crippen LogP contribution in [0.15, 0.2) is 18.2 Å². The van der Waals surface area contributed by atoms with Gasteiger partial charge >= 0.3 is 0 Å². The number of benzene rings is 1. The molecule has 4 heteroatoms. The lowest BCUT2D eigenvalue weighted by Crippen LogP contribution is -2.55. The van der Waals surface area contributed by atoms with Crippen molar-refractivity contribution in [2.75, 3.05) is 20.3 Å². The van der Waals surface area contributed by atoms with Gasteiger partial charge in [0.2, 0.25) is 0 Å². The van der Waals surface area contributed by atoms with Crippen LogP contribution in [0, 0.1) is 18.7 Å². The van der Waals surface area contributed by atoms with Gasteiger partial charge in [0.15, 0.2) is 5.78 Å². The van der Waals surface area contributed by atoms with Gasteiger partial charge in [-0.05, 0) is 44.5 Å². The van der Waals surface area contributed by atoms with Gasteiger partial charge in [-0.2, -0.15) is 0 Å². The van der Waals surface area contributed by atoms with Gasteiger partial charge in [-0.15, -0.1) is 0 Å². The van der Waals surface area contributed by atoms with Gasteiger partial charge in [-0.25, -0.2) is 4.39 Å². The molecular formula is C16H20FNO2. The number of hydrogen-bond donors (Lipinski definition) is 0. The zero-order valence-electron chi connectivity index (χ0n) is 11.9. The summed E-state index contributed by atoms with van der Waals surface area (Å²) in [6.07, 6.45) is 1.53. The molecule has 0 radical (unpaired) electrons. The number of morpholine rings is 1. The van der Waals surface area contributed by atoms with Crippen molar-refractivity contribution in [2.24, 2.45) is 5.92 Å². The molecule has 2 fully saturated rings. The molecule has 0 saturated carbocycles. The summed E-state index contributed by atoms with van der Waals surface area (Å²) in [5.41, 5.74) is 1.08. The van der Waals surface area contributed by atoms with Gasteiger partial charge in [0.05, 0.1) is 18.8 Å². The first-order valence-electron chi connectivity index (χ1n) is 7.16. The van der Waals surface area contributed by atoms with Crippen LogP contribution in [0.4, 0.5) is 4.39 Å². The summed E-state index contributed by atoms with van der Waals surface area (Å²) in [7, 11) is 2.09. The summed E-state index contributed by atoms with van der Waals surface area (Å²) in [5, 5.41) is 0. The fraction of sp³-hybridized carbons (Fsp3) is 0.562. The molecule has 108 valence electrons. The molecule has 2 heterocycles. The number of piperidine rings is 1. The van der Waals surface area contributed by atoms with E-state index in [0.29, 0.717) is 13.2 Å². The molecule has 2 aliphatic heterocycles. The molecule has 0 aromatic heterocycles. The van der Waals surface area contributed by atoms with Crippen LogP contribution in [-0.4, -0.2) is 43.0 Å². The molecule has 0 aliphatic carbocycles. The highest BCUT2D eigenvalue weighted by molar-refractivity contribution is 5.98. The Morgan fingerprint density at radius 3 is 2.55 bits per heavy atom. The highest BCUT2D eigenvalue weighted by Crippen LogP contribution is 2.32. The molecule has 0 amide bonds. The van der Waals surface area contributed by atoms with Crippen LogP contribution in [0.2, 0.25) is 0 Å². The van der Waals surface area contributed by atoms with Crippen molar-refractivity contribution in [3.8, 4) is 0 Å². The first-order valence-corrected chi connectivity index (χ1v) is 7.16. The van der Waals surface area contributed by atoms with Gasteiger partial charge < -0.3 is 4.74 Å². The van der Waals surface area contributed by atoms with Crippen LogP contribution in [0.1, 0.15) is 28.8 Å². The monoisotopic (exact) mass is 277 g/mol. The van der Waals surface area contributed by atoms with E-state index in [2.05, 4.69) is 11.9 Å². The average molecular weight is 277 g/mol. The zero-order valence-corrected chi connectivity index (χ0v) is 11.9. The molecular weight excluding hydrogens is 257 g/mol. The Morgan fingerprint density at radius 1 is 1.30 bits per heavy atom. The maximum absolute atomic E-state index is 14.0. The van der Waals surface area contributed by atoms with Crippen molar-refractivity contribution in [1.82, 2.24) is 4.90 Å². The van der Waals surface area contributed by atoms with Gasteiger partial charge in [0, 0.05) is 18.0 Å². The van der Waals surface area contributed by atoms with Crippen LogP contribution < -0.4 is 0 Å². The average Bonchev–Trinajstić information content (AvgIpc) is 2.37. The van der Waals surface area contributed by atoms with Crippen LogP contribution in [0.5, 0.6) is 0 Å². The summed E-state index contributed by atoms with van der Waals surface area (Å²) in [4.78, 5) is 14.9. The fourth-order valence-electron chi connectivity index (χ4n) is 3.35. The Bertz CT molecular complexity index is 517. The second kappa shape index (κ2) is 5.26. The lowest BCUT2D eigenvalue weighted by molar-refractivity contribution is -0.0702. The molecule has 3 rings (SSSR count). The van der Waals surface area contributed by atoms with Crippen molar-refractivity contribution < 1.29 is 13.9 Å². The van der Waals surface area contributed by atoms with Crippen LogP contribution in [-0.2, 0) is 4.74 Å². The van der Waals surface area contributed by atoms with Gasteiger partial charge in [0.1, 0.15) is 5.82 Å².